The Balaban J connectivity index is 0.00000148. The Labute approximate surface area is 249 Å². The third-order valence-corrected chi connectivity index (χ3v) is 6.29. The van der Waals surface area contributed by atoms with Crippen LogP contribution >= 0.6 is 11.6 Å². The van der Waals surface area contributed by atoms with E-state index in [4.69, 9.17) is 45.9 Å². The summed E-state index contributed by atoms with van der Waals surface area (Å²) in [5.41, 5.74) is 7.97. The summed E-state index contributed by atoms with van der Waals surface area (Å²) in [4.78, 5) is 29.4. The maximum absolute atomic E-state index is 14.2. The van der Waals surface area contributed by atoms with Crippen molar-refractivity contribution >= 4 is 41.3 Å². The SMILES string of the molecule is O=CO.[2H]C([2H])([2H])NC(=O)c1ccc(Cl)nc1Nc1cc(COCc2nc(N)ccc2F)cc(-c2ccn(C3CC3)n2)c1OC. The molecule has 1 aliphatic rings. The third kappa shape index (κ3) is 7.30. The van der Waals surface area contributed by atoms with Gasteiger partial charge in [-0.3, -0.25) is 14.3 Å². The van der Waals surface area contributed by atoms with Gasteiger partial charge in [-0.15, -0.1) is 0 Å². The van der Waals surface area contributed by atoms with E-state index >= 15 is 0 Å². The van der Waals surface area contributed by atoms with Crippen molar-refractivity contribution in [3.05, 3.63) is 76.5 Å². The van der Waals surface area contributed by atoms with E-state index in [0.29, 0.717) is 34.3 Å². The number of nitrogen functional groups attached to an aromatic ring is 1. The molecule has 1 aromatic carbocycles. The van der Waals surface area contributed by atoms with Crippen molar-refractivity contribution in [1.29, 1.82) is 0 Å². The average molecular weight is 601 g/mol. The Bertz CT molecular complexity index is 1680. The molecule has 0 aliphatic heterocycles. The van der Waals surface area contributed by atoms with E-state index in [9.17, 15) is 9.18 Å². The monoisotopic (exact) mass is 600 g/mol. The van der Waals surface area contributed by atoms with Crippen LogP contribution in [-0.4, -0.2) is 51.3 Å². The number of rotatable bonds is 10. The Morgan fingerprint density at radius 1 is 1.26 bits per heavy atom. The van der Waals surface area contributed by atoms with Crippen LogP contribution in [0.4, 0.5) is 21.7 Å². The lowest BCUT2D eigenvalue weighted by Gasteiger charge is -2.18. The van der Waals surface area contributed by atoms with Crippen molar-refractivity contribution in [1.82, 2.24) is 25.1 Å². The van der Waals surface area contributed by atoms with Crippen molar-refractivity contribution < 1.29 is 32.7 Å². The molecule has 42 heavy (non-hydrogen) atoms. The summed E-state index contributed by atoms with van der Waals surface area (Å²) in [6.45, 7) is -3.05. The van der Waals surface area contributed by atoms with Crippen LogP contribution in [0.15, 0.2) is 48.7 Å². The second-order valence-corrected chi connectivity index (χ2v) is 9.40. The van der Waals surface area contributed by atoms with Crippen LogP contribution in [0.3, 0.4) is 0 Å². The number of hydrogen-bond donors (Lipinski definition) is 4. The number of nitrogens with two attached hydrogens (primary N) is 1. The molecule has 5 rings (SSSR count). The summed E-state index contributed by atoms with van der Waals surface area (Å²) in [7, 11) is 1.49. The smallest absolute Gasteiger partial charge is 0.290 e. The van der Waals surface area contributed by atoms with Crippen molar-refractivity contribution in [3.8, 4) is 17.0 Å². The summed E-state index contributed by atoms with van der Waals surface area (Å²) in [5.74, 6) is -0.858. The first kappa shape index (κ1) is 26.2. The van der Waals surface area contributed by atoms with Crippen molar-refractivity contribution in [2.75, 3.05) is 25.1 Å². The van der Waals surface area contributed by atoms with Gasteiger partial charge in [-0.2, -0.15) is 5.10 Å². The van der Waals surface area contributed by atoms with Gasteiger partial charge in [0.2, 0.25) is 0 Å². The fourth-order valence-electron chi connectivity index (χ4n) is 4.08. The first-order valence-corrected chi connectivity index (χ1v) is 12.9. The first-order chi connectivity index (χ1) is 21.4. The van der Waals surface area contributed by atoms with Gasteiger partial charge in [-0.05, 0) is 60.9 Å². The Morgan fingerprint density at radius 3 is 2.76 bits per heavy atom. The molecule has 1 fully saturated rings. The average Bonchev–Trinajstić information content (AvgIpc) is 3.70. The summed E-state index contributed by atoms with van der Waals surface area (Å²) in [6.07, 6.45) is 4.00. The number of anilines is 3. The van der Waals surface area contributed by atoms with Gasteiger partial charge in [-0.1, -0.05) is 11.6 Å². The topological polar surface area (TPSA) is 167 Å². The lowest BCUT2D eigenvalue weighted by molar-refractivity contribution is -0.122. The second-order valence-electron chi connectivity index (χ2n) is 9.01. The van der Waals surface area contributed by atoms with Crippen LogP contribution < -0.4 is 21.1 Å². The minimum Gasteiger partial charge on any atom is -0.494 e. The number of nitrogens with one attached hydrogen (secondary N) is 2. The number of nitrogens with zero attached hydrogens (tertiary/aromatic N) is 4. The highest BCUT2D eigenvalue weighted by molar-refractivity contribution is 6.29. The minimum absolute atomic E-state index is 0.00103. The van der Waals surface area contributed by atoms with Crippen LogP contribution in [-0.2, 0) is 22.7 Å². The molecule has 12 nitrogen and oxygen atoms in total. The van der Waals surface area contributed by atoms with E-state index in [1.165, 1.54) is 31.4 Å². The molecule has 0 bridgehead atoms. The third-order valence-electron chi connectivity index (χ3n) is 6.08. The molecule has 0 saturated heterocycles. The summed E-state index contributed by atoms with van der Waals surface area (Å²) >= 11 is 6.14. The highest BCUT2D eigenvalue weighted by atomic mass is 35.5. The first-order valence-electron chi connectivity index (χ1n) is 14.0. The number of aromatic nitrogens is 4. The number of hydrogen-bond acceptors (Lipinski definition) is 9. The van der Waals surface area contributed by atoms with Crippen LogP contribution in [0.1, 0.15) is 44.6 Å². The highest BCUT2D eigenvalue weighted by Crippen LogP contribution is 2.41. The molecule has 0 atom stereocenters. The summed E-state index contributed by atoms with van der Waals surface area (Å²) in [6, 6.07) is 11.1. The predicted octanol–water partition coefficient (Wildman–Crippen LogP) is 4.58. The molecule has 14 heteroatoms. The van der Waals surface area contributed by atoms with Gasteiger partial charge in [0.05, 0.1) is 43.3 Å². The zero-order valence-electron chi connectivity index (χ0n) is 25.3. The predicted molar refractivity (Wildman–Crippen MR) is 154 cm³/mol. The van der Waals surface area contributed by atoms with E-state index in [-0.39, 0.29) is 47.7 Å². The molecule has 3 heterocycles. The maximum Gasteiger partial charge on any atom is 0.290 e. The molecule has 5 N–H and O–H groups in total. The molecule has 4 aromatic rings. The number of carboxylic acid groups (broad SMARTS) is 1. The van der Waals surface area contributed by atoms with Gasteiger partial charge in [0.15, 0.2) is 5.75 Å². The fraction of sp³-hybridized carbons (Fsp3) is 0.250. The minimum atomic E-state index is -2.71. The van der Waals surface area contributed by atoms with Crippen molar-refractivity contribution in [2.24, 2.45) is 0 Å². The van der Waals surface area contributed by atoms with E-state index in [1.807, 2.05) is 28.3 Å². The normalized spacial score (nSPS) is 13.5. The van der Waals surface area contributed by atoms with Crippen LogP contribution in [0.2, 0.25) is 5.15 Å². The summed E-state index contributed by atoms with van der Waals surface area (Å²) < 4.78 is 49.9. The maximum atomic E-state index is 14.2. The quantitative estimate of drug-likeness (QED) is 0.149. The molecule has 0 spiro atoms. The van der Waals surface area contributed by atoms with E-state index in [0.717, 1.165) is 12.8 Å². The largest absolute Gasteiger partial charge is 0.494 e. The number of amides is 1. The lowest BCUT2D eigenvalue weighted by Crippen LogP contribution is -2.19. The Morgan fingerprint density at radius 2 is 2.05 bits per heavy atom. The molecular formula is C28H29ClFN7O5. The van der Waals surface area contributed by atoms with E-state index < -0.39 is 18.7 Å². The fourth-order valence-corrected chi connectivity index (χ4v) is 4.22. The number of benzene rings is 1. The van der Waals surface area contributed by atoms with Crippen LogP contribution in [0, 0.1) is 5.82 Å². The van der Waals surface area contributed by atoms with Gasteiger partial charge in [0.1, 0.15) is 28.3 Å². The second kappa shape index (κ2) is 13.7. The number of halogens is 2. The van der Waals surface area contributed by atoms with Gasteiger partial charge < -0.3 is 30.9 Å². The molecule has 1 amide bonds. The van der Waals surface area contributed by atoms with E-state index in [2.05, 4.69) is 15.3 Å². The van der Waals surface area contributed by atoms with Crippen molar-refractivity contribution in [2.45, 2.75) is 32.1 Å². The highest BCUT2D eigenvalue weighted by Gasteiger charge is 2.25. The number of methoxy groups -OCH3 is 1. The van der Waals surface area contributed by atoms with Crippen LogP contribution in [0.25, 0.3) is 11.3 Å². The number of pyridine rings is 2. The Hall–Kier alpha value is -4.75. The summed E-state index contributed by atoms with van der Waals surface area (Å²) in [5, 5.41) is 16.7. The van der Waals surface area contributed by atoms with Gasteiger partial charge >= 0.3 is 0 Å². The van der Waals surface area contributed by atoms with Gasteiger partial charge in [0, 0.05) is 22.8 Å². The van der Waals surface area contributed by atoms with Crippen molar-refractivity contribution in [3.63, 3.8) is 0 Å². The number of ether oxygens (including phenoxy) is 2. The molecule has 1 saturated carbocycles. The molecule has 0 unspecified atom stereocenters. The zero-order chi connectivity index (χ0) is 32.7. The molecule has 220 valence electrons. The number of carbonyl (C=O) groups is 2. The number of carbonyl (C=O) groups excluding carboxylic acids is 1. The van der Waals surface area contributed by atoms with E-state index in [1.54, 1.807) is 6.07 Å². The zero-order valence-corrected chi connectivity index (χ0v) is 23.1. The Kier molecular flexibility index (Phi) is 8.56. The lowest BCUT2D eigenvalue weighted by atomic mass is 10.0. The van der Waals surface area contributed by atoms with Crippen LogP contribution in [0.5, 0.6) is 5.75 Å². The van der Waals surface area contributed by atoms with Gasteiger partial charge in [-0.25, -0.2) is 14.4 Å². The standard InChI is InChI=1S/C27H27ClFN7O3.CH2O2/c1-31-27(37)17-5-7-23(28)34-26(17)33-21-12-15(13-39-14-22-19(29)6-8-24(30)32-22)11-18(25(21)38-2)20-9-10-36(35-20)16-3-4-16;2-1-3/h5-12,16H,3-4,13-14H2,1-2H3,(H2,30,32)(H,31,37)(H,33,34);1H,(H,2,3)/i1D3;. The molecule has 0 radical (unpaired) electrons. The van der Waals surface area contributed by atoms with Gasteiger partial charge in [0.25, 0.3) is 12.4 Å². The molecular weight excluding hydrogens is 569 g/mol. The molecule has 1 aliphatic carbocycles. The molecule has 3 aromatic heterocycles.